The number of ether oxygens (including phenoxy) is 1. The van der Waals surface area contributed by atoms with Crippen LogP contribution < -0.4 is 15.4 Å². The van der Waals surface area contributed by atoms with E-state index in [1.54, 1.807) is 23.1 Å². The van der Waals surface area contributed by atoms with Crippen LogP contribution >= 0.6 is 0 Å². The van der Waals surface area contributed by atoms with Crippen molar-refractivity contribution in [2.45, 2.75) is 12.5 Å². The highest BCUT2D eigenvalue weighted by molar-refractivity contribution is 6.01. The van der Waals surface area contributed by atoms with Crippen molar-refractivity contribution >= 4 is 23.5 Å². The van der Waals surface area contributed by atoms with Crippen LogP contribution in [0.2, 0.25) is 0 Å². The van der Waals surface area contributed by atoms with Crippen LogP contribution in [0.15, 0.2) is 43.2 Å². The Labute approximate surface area is 192 Å². The number of hydrogen-bond donors (Lipinski definition) is 2. The highest BCUT2D eigenvalue weighted by atomic mass is 16.5. The minimum Gasteiger partial charge on any atom is -0.490 e. The van der Waals surface area contributed by atoms with Gasteiger partial charge in [-0.1, -0.05) is 6.58 Å². The van der Waals surface area contributed by atoms with E-state index >= 15 is 0 Å². The number of likely N-dealkylation sites (N-methyl/N-ethyl adjacent to an activating group) is 1. The molecule has 0 bridgehead atoms. The number of nitrogens with one attached hydrogen (secondary N) is 2. The number of hydrogen-bond acceptors (Lipinski definition) is 8. The highest BCUT2D eigenvalue weighted by Crippen LogP contribution is 2.27. The number of nitriles is 1. The molecule has 1 atom stereocenters. The zero-order chi connectivity index (χ0) is 23.8. The Kier molecular flexibility index (Phi) is 7.94. The standard InChI is InChI=1S/C23H27N7O3/c1-4-21(31)28-19-6-5-17(11-20(19)33-10-9-29(2)3)22(32)30-8-7-18(15-30)27-23-25-13-16(12-24)14-26-23/h4-6,11,13-14,18H,1,7-10,15H2,2-3H3,(H,28,31)(H,25,26,27)/t18-/m1/s1. The fourth-order valence-electron chi connectivity index (χ4n) is 3.29. The third-order valence-corrected chi connectivity index (χ3v) is 5.06. The molecule has 2 N–H and O–H groups in total. The molecule has 0 spiro atoms. The van der Waals surface area contributed by atoms with Crippen molar-refractivity contribution in [1.29, 1.82) is 5.26 Å². The first-order chi connectivity index (χ1) is 15.9. The molecule has 2 heterocycles. The highest BCUT2D eigenvalue weighted by Gasteiger charge is 2.28. The number of likely N-dealkylation sites (tertiary alicyclic amines) is 1. The second-order valence-electron chi connectivity index (χ2n) is 7.84. The van der Waals surface area contributed by atoms with Gasteiger partial charge in [-0.2, -0.15) is 5.26 Å². The fraction of sp³-hybridized carbons (Fsp3) is 0.348. The SMILES string of the molecule is C=CC(=O)Nc1ccc(C(=O)N2CC[C@@H](Nc3ncc(C#N)cn3)C2)cc1OCCN(C)C. The van der Waals surface area contributed by atoms with Crippen molar-refractivity contribution in [3.05, 3.63) is 54.4 Å². The first kappa shape index (κ1) is 23.7. The van der Waals surface area contributed by atoms with Crippen LogP contribution in [-0.2, 0) is 4.79 Å². The second-order valence-corrected chi connectivity index (χ2v) is 7.84. The summed E-state index contributed by atoms with van der Waals surface area (Å²) in [5.74, 6) is 0.370. The van der Waals surface area contributed by atoms with Crippen LogP contribution in [-0.4, -0.2) is 78.0 Å². The van der Waals surface area contributed by atoms with Gasteiger partial charge in [-0.05, 0) is 44.8 Å². The van der Waals surface area contributed by atoms with Crippen molar-refractivity contribution in [2.75, 3.05) is 51.0 Å². The van der Waals surface area contributed by atoms with E-state index in [0.29, 0.717) is 54.8 Å². The molecule has 1 aliphatic rings. The summed E-state index contributed by atoms with van der Waals surface area (Å²) < 4.78 is 5.85. The topological polar surface area (TPSA) is 123 Å². The molecule has 10 nitrogen and oxygen atoms in total. The molecule has 172 valence electrons. The van der Waals surface area contributed by atoms with Gasteiger partial charge in [0.2, 0.25) is 11.9 Å². The number of carbonyl (C=O) groups excluding carboxylic acids is 2. The normalized spacial score (nSPS) is 15.1. The Bertz CT molecular complexity index is 1050. The van der Waals surface area contributed by atoms with Gasteiger partial charge in [0.25, 0.3) is 5.91 Å². The molecule has 0 unspecified atom stereocenters. The molecule has 1 aliphatic heterocycles. The number of amides is 2. The Hall–Kier alpha value is -3.97. The van der Waals surface area contributed by atoms with Gasteiger partial charge >= 0.3 is 0 Å². The average Bonchev–Trinajstić information content (AvgIpc) is 3.28. The third-order valence-electron chi connectivity index (χ3n) is 5.06. The van der Waals surface area contributed by atoms with Crippen molar-refractivity contribution in [2.24, 2.45) is 0 Å². The molecule has 0 radical (unpaired) electrons. The number of aromatic nitrogens is 2. The smallest absolute Gasteiger partial charge is 0.254 e. The Morgan fingerprint density at radius 2 is 2.12 bits per heavy atom. The molecular weight excluding hydrogens is 422 g/mol. The fourth-order valence-corrected chi connectivity index (χ4v) is 3.29. The summed E-state index contributed by atoms with van der Waals surface area (Å²) >= 11 is 0. The number of anilines is 2. The number of benzene rings is 1. The van der Waals surface area contributed by atoms with E-state index in [4.69, 9.17) is 10.00 Å². The lowest BCUT2D eigenvalue weighted by Gasteiger charge is -2.19. The van der Waals surface area contributed by atoms with Crippen molar-refractivity contribution in [3.63, 3.8) is 0 Å². The molecule has 1 fully saturated rings. The lowest BCUT2D eigenvalue weighted by molar-refractivity contribution is -0.111. The Morgan fingerprint density at radius 3 is 2.79 bits per heavy atom. The number of rotatable bonds is 9. The lowest BCUT2D eigenvalue weighted by atomic mass is 10.1. The maximum Gasteiger partial charge on any atom is 0.254 e. The molecule has 3 rings (SSSR count). The van der Waals surface area contributed by atoms with Gasteiger partial charge in [0, 0.05) is 31.2 Å². The van der Waals surface area contributed by atoms with Crippen LogP contribution in [0.3, 0.4) is 0 Å². The van der Waals surface area contributed by atoms with Crippen LogP contribution in [0.1, 0.15) is 22.3 Å². The van der Waals surface area contributed by atoms with Gasteiger partial charge in [-0.15, -0.1) is 0 Å². The van der Waals surface area contributed by atoms with E-state index < -0.39 is 0 Å². The minimum atomic E-state index is -0.356. The van der Waals surface area contributed by atoms with Gasteiger partial charge in [0.15, 0.2) is 0 Å². The van der Waals surface area contributed by atoms with E-state index in [1.165, 1.54) is 18.5 Å². The molecule has 2 aromatic rings. The molecule has 0 aliphatic carbocycles. The summed E-state index contributed by atoms with van der Waals surface area (Å²) in [5.41, 5.74) is 1.34. The van der Waals surface area contributed by atoms with E-state index in [2.05, 4.69) is 27.2 Å². The maximum atomic E-state index is 13.1. The van der Waals surface area contributed by atoms with Gasteiger partial charge < -0.3 is 25.2 Å². The summed E-state index contributed by atoms with van der Waals surface area (Å²) in [4.78, 5) is 36.9. The molecule has 10 heteroatoms. The van der Waals surface area contributed by atoms with Gasteiger partial charge in [0.1, 0.15) is 18.4 Å². The largest absolute Gasteiger partial charge is 0.490 e. The summed E-state index contributed by atoms with van der Waals surface area (Å²) in [6, 6.07) is 6.97. The lowest BCUT2D eigenvalue weighted by Crippen LogP contribution is -2.32. The molecule has 1 aromatic heterocycles. The van der Waals surface area contributed by atoms with Crippen LogP contribution in [0.5, 0.6) is 5.75 Å². The summed E-state index contributed by atoms with van der Waals surface area (Å²) in [6.45, 7) is 5.63. The van der Waals surface area contributed by atoms with Crippen molar-refractivity contribution in [3.8, 4) is 11.8 Å². The predicted octanol–water partition coefficient (Wildman–Crippen LogP) is 1.74. The minimum absolute atomic E-state index is 0.00357. The first-order valence-corrected chi connectivity index (χ1v) is 10.5. The predicted molar refractivity (Wildman–Crippen MR) is 124 cm³/mol. The van der Waals surface area contributed by atoms with Crippen molar-refractivity contribution < 1.29 is 14.3 Å². The van der Waals surface area contributed by atoms with Crippen molar-refractivity contribution in [1.82, 2.24) is 19.8 Å². The first-order valence-electron chi connectivity index (χ1n) is 10.5. The molecule has 1 aromatic carbocycles. The third kappa shape index (κ3) is 6.51. The van der Waals surface area contributed by atoms with Gasteiger partial charge in [-0.25, -0.2) is 9.97 Å². The number of nitrogens with zero attached hydrogens (tertiary/aromatic N) is 5. The average molecular weight is 450 g/mol. The quantitative estimate of drug-likeness (QED) is 0.555. The van der Waals surface area contributed by atoms with E-state index in [-0.39, 0.29) is 17.9 Å². The maximum absolute atomic E-state index is 13.1. The molecule has 1 saturated heterocycles. The Morgan fingerprint density at radius 1 is 1.36 bits per heavy atom. The second kappa shape index (κ2) is 11.1. The van der Waals surface area contributed by atoms with E-state index in [1.807, 2.05) is 25.1 Å². The van der Waals surface area contributed by atoms with Gasteiger partial charge in [-0.3, -0.25) is 9.59 Å². The van der Waals surface area contributed by atoms with Crippen LogP contribution in [0.4, 0.5) is 11.6 Å². The summed E-state index contributed by atoms with van der Waals surface area (Å²) in [7, 11) is 3.87. The van der Waals surface area contributed by atoms with Crippen LogP contribution in [0, 0.1) is 11.3 Å². The molecule has 2 amide bonds. The Balaban J connectivity index is 1.68. The van der Waals surface area contributed by atoms with Crippen LogP contribution in [0.25, 0.3) is 0 Å². The monoisotopic (exact) mass is 449 g/mol. The van der Waals surface area contributed by atoms with E-state index in [9.17, 15) is 9.59 Å². The van der Waals surface area contributed by atoms with E-state index in [0.717, 1.165) is 6.42 Å². The summed E-state index contributed by atoms with van der Waals surface area (Å²) in [5, 5.41) is 14.8. The zero-order valence-electron chi connectivity index (χ0n) is 18.7. The molecule has 33 heavy (non-hydrogen) atoms. The molecule has 0 saturated carbocycles. The molecular formula is C23H27N7O3. The van der Waals surface area contributed by atoms with Gasteiger partial charge in [0.05, 0.1) is 23.6 Å². The zero-order valence-corrected chi connectivity index (χ0v) is 18.7. The summed E-state index contributed by atoms with van der Waals surface area (Å²) in [6.07, 6.45) is 4.84. The number of carbonyl (C=O) groups is 2.